The highest BCUT2D eigenvalue weighted by molar-refractivity contribution is 7.92. The monoisotopic (exact) mass is 513 g/mol. The summed E-state index contributed by atoms with van der Waals surface area (Å²) < 4.78 is 30.3. The topological polar surface area (TPSA) is 104 Å². The van der Waals surface area contributed by atoms with Crippen LogP contribution in [0.3, 0.4) is 0 Å². The molecule has 0 unspecified atom stereocenters. The molecule has 0 aliphatic heterocycles. The predicted molar refractivity (Wildman–Crippen MR) is 142 cm³/mol. The minimum absolute atomic E-state index is 0.0524. The molecule has 2 heterocycles. The van der Waals surface area contributed by atoms with Gasteiger partial charge in [0.2, 0.25) is 0 Å². The van der Waals surface area contributed by atoms with Crippen LogP contribution >= 0.6 is 11.3 Å². The summed E-state index contributed by atoms with van der Waals surface area (Å²) in [7, 11) is -3.88. The van der Waals surface area contributed by atoms with Crippen LogP contribution in [-0.2, 0) is 10.0 Å². The van der Waals surface area contributed by atoms with Crippen LogP contribution in [0.4, 0.5) is 5.69 Å². The van der Waals surface area contributed by atoms with Gasteiger partial charge in [-0.15, -0.1) is 11.3 Å². The number of imidazole rings is 1. The van der Waals surface area contributed by atoms with Crippen LogP contribution in [0.1, 0.15) is 0 Å². The maximum absolute atomic E-state index is 13.1. The van der Waals surface area contributed by atoms with Crippen LogP contribution in [0.2, 0.25) is 0 Å². The lowest BCUT2D eigenvalue weighted by Gasteiger charge is -2.13. The van der Waals surface area contributed by atoms with Crippen LogP contribution in [0, 0.1) is 0 Å². The lowest BCUT2D eigenvalue weighted by Crippen LogP contribution is -2.14. The van der Waals surface area contributed by atoms with Crippen LogP contribution in [0.25, 0.3) is 38.0 Å². The van der Waals surface area contributed by atoms with E-state index in [0.717, 1.165) is 21.9 Å². The van der Waals surface area contributed by atoms with E-state index in [1.165, 1.54) is 21.9 Å². The number of sulfonamides is 1. The Morgan fingerprint density at radius 2 is 1.67 bits per heavy atom. The van der Waals surface area contributed by atoms with Crippen molar-refractivity contribution >= 4 is 42.8 Å². The van der Waals surface area contributed by atoms with Gasteiger partial charge in [0.25, 0.3) is 10.0 Å². The van der Waals surface area contributed by atoms with Crippen molar-refractivity contribution in [2.75, 3.05) is 4.72 Å². The zero-order chi connectivity index (χ0) is 24.9. The number of benzene rings is 4. The Labute approximate surface area is 210 Å². The first-order chi connectivity index (χ1) is 17.4. The lowest BCUT2D eigenvalue weighted by molar-refractivity contribution is 0.475. The van der Waals surface area contributed by atoms with E-state index < -0.39 is 10.0 Å². The minimum Gasteiger partial charge on any atom is -0.508 e. The van der Waals surface area contributed by atoms with Gasteiger partial charge in [-0.3, -0.25) is 9.12 Å². The molecular weight excluding hydrogens is 494 g/mol. The SMILES string of the molecule is O=S(=O)(Nc1cccc(-c2c(O)ccc3cc(-c4cccc(O)c4)ccc23)c1)c1cnc2sccn12. The van der Waals surface area contributed by atoms with Gasteiger partial charge < -0.3 is 10.2 Å². The number of aromatic hydroxyl groups is 2. The fourth-order valence-corrected chi connectivity index (χ4v) is 6.22. The fraction of sp³-hybridized carbons (Fsp3) is 0. The van der Waals surface area contributed by atoms with Crippen LogP contribution in [0.5, 0.6) is 11.5 Å². The Morgan fingerprint density at radius 1 is 0.861 bits per heavy atom. The molecule has 9 heteroatoms. The molecular formula is C27H19N3O4S2. The minimum atomic E-state index is -3.88. The second-order valence-corrected chi connectivity index (χ2v) is 10.8. The largest absolute Gasteiger partial charge is 0.508 e. The van der Waals surface area contributed by atoms with E-state index >= 15 is 0 Å². The normalized spacial score (nSPS) is 11.8. The molecule has 0 aliphatic carbocycles. The predicted octanol–water partition coefficient (Wildman–Crippen LogP) is 6.10. The van der Waals surface area contributed by atoms with Crippen molar-refractivity contribution in [3.63, 3.8) is 0 Å². The van der Waals surface area contributed by atoms with E-state index in [9.17, 15) is 18.6 Å². The number of phenols is 2. The summed E-state index contributed by atoms with van der Waals surface area (Å²) in [6.45, 7) is 0. The molecule has 0 spiro atoms. The third kappa shape index (κ3) is 3.84. The number of thiazole rings is 1. The van der Waals surface area contributed by atoms with E-state index in [1.54, 1.807) is 54.0 Å². The van der Waals surface area contributed by atoms with Crippen LogP contribution < -0.4 is 4.72 Å². The Balaban J connectivity index is 1.40. The van der Waals surface area contributed by atoms with Crippen molar-refractivity contribution in [2.45, 2.75) is 5.03 Å². The average Bonchev–Trinajstić information content (AvgIpc) is 3.48. The number of nitrogens with zero attached hydrogens (tertiary/aromatic N) is 2. The van der Waals surface area contributed by atoms with Gasteiger partial charge >= 0.3 is 0 Å². The molecule has 6 rings (SSSR count). The summed E-state index contributed by atoms with van der Waals surface area (Å²) in [4.78, 5) is 4.74. The molecule has 2 aromatic heterocycles. The van der Waals surface area contributed by atoms with Crippen molar-refractivity contribution < 1.29 is 18.6 Å². The molecule has 0 saturated heterocycles. The summed E-state index contributed by atoms with van der Waals surface area (Å²) in [6.07, 6.45) is 3.00. The molecule has 0 bridgehead atoms. The van der Waals surface area contributed by atoms with Crippen molar-refractivity contribution in [3.8, 4) is 33.8 Å². The molecule has 0 amide bonds. The Kier molecular flexibility index (Phi) is 5.17. The van der Waals surface area contributed by atoms with Crippen molar-refractivity contribution in [1.82, 2.24) is 9.38 Å². The summed E-state index contributed by atoms with van der Waals surface area (Å²) in [5.41, 5.74) is 3.43. The first-order valence-corrected chi connectivity index (χ1v) is 13.3. The highest BCUT2D eigenvalue weighted by Crippen LogP contribution is 2.39. The number of rotatable bonds is 5. The summed E-state index contributed by atoms with van der Waals surface area (Å²) in [6, 6.07) is 23.2. The van der Waals surface area contributed by atoms with E-state index in [4.69, 9.17) is 0 Å². The van der Waals surface area contributed by atoms with Crippen LogP contribution in [0.15, 0.2) is 102 Å². The highest BCUT2D eigenvalue weighted by atomic mass is 32.2. The molecule has 3 N–H and O–H groups in total. The molecule has 0 radical (unpaired) electrons. The lowest BCUT2D eigenvalue weighted by atomic mass is 9.94. The summed E-state index contributed by atoms with van der Waals surface area (Å²) in [5, 5.41) is 24.1. The van der Waals surface area contributed by atoms with E-state index in [0.29, 0.717) is 21.8 Å². The average molecular weight is 514 g/mol. The van der Waals surface area contributed by atoms with Gasteiger partial charge in [0, 0.05) is 22.8 Å². The van der Waals surface area contributed by atoms with Crippen LogP contribution in [-0.4, -0.2) is 28.0 Å². The first-order valence-electron chi connectivity index (χ1n) is 11.0. The fourth-order valence-electron chi connectivity index (χ4n) is 4.34. The Hall–Kier alpha value is -4.34. The number of anilines is 1. The smallest absolute Gasteiger partial charge is 0.279 e. The zero-order valence-corrected chi connectivity index (χ0v) is 20.3. The van der Waals surface area contributed by atoms with E-state index in [1.807, 2.05) is 36.4 Å². The molecule has 4 aromatic carbocycles. The molecule has 36 heavy (non-hydrogen) atoms. The standard InChI is InChI=1S/C27H19N3O4S2/c31-22-6-2-3-17(15-22)18-7-9-23-19(13-18)8-10-24(32)26(23)20-4-1-5-21(14-20)29-36(33,34)25-16-28-27-30(25)11-12-35-27/h1-16,29,31-32H. The molecule has 0 atom stereocenters. The summed E-state index contributed by atoms with van der Waals surface area (Å²) >= 11 is 1.35. The Bertz CT molecular complexity index is 1870. The molecule has 0 aliphatic rings. The van der Waals surface area contributed by atoms with Gasteiger partial charge in [0.1, 0.15) is 11.5 Å². The maximum Gasteiger partial charge on any atom is 0.279 e. The third-order valence-corrected chi connectivity index (χ3v) is 8.10. The number of fused-ring (bicyclic) bond motifs is 2. The zero-order valence-electron chi connectivity index (χ0n) is 18.7. The van der Waals surface area contributed by atoms with Gasteiger partial charge in [0.15, 0.2) is 9.99 Å². The first kappa shape index (κ1) is 22.1. The van der Waals surface area contributed by atoms with Crippen molar-refractivity contribution in [1.29, 1.82) is 0 Å². The molecule has 6 aromatic rings. The number of nitrogens with one attached hydrogen (secondary N) is 1. The number of hydrogen-bond donors (Lipinski definition) is 3. The molecule has 178 valence electrons. The highest BCUT2D eigenvalue weighted by Gasteiger charge is 2.20. The third-order valence-electron chi connectivity index (χ3n) is 5.97. The number of phenolic OH excluding ortho intramolecular Hbond substituents is 2. The molecule has 0 fully saturated rings. The quantitative estimate of drug-likeness (QED) is 0.259. The van der Waals surface area contributed by atoms with Gasteiger partial charge in [-0.05, 0) is 63.9 Å². The number of aromatic nitrogens is 2. The maximum atomic E-state index is 13.1. The molecule has 0 saturated carbocycles. The van der Waals surface area contributed by atoms with Gasteiger partial charge in [-0.25, -0.2) is 4.98 Å². The second kappa shape index (κ2) is 8.40. The van der Waals surface area contributed by atoms with Crippen molar-refractivity contribution in [3.05, 3.63) is 96.6 Å². The molecule has 7 nitrogen and oxygen atoms in total. The Morgan fingerprint density at radius 3 is 2.53 bits per heavy atom. The van der Waals surface area contributed by atoms with Gasteiger partial charge in [0.05, 0.1) is 6.20 Å². The van der Waals surface area contributed by atoms with Crippen molar-refractivity contribution in [2.24, 2.45) is 0 Å². The summed E-state index contributed by atoms with van der Waals surface area (Å²) in [5.74, 6) is 0.275. The van der Waals surface area contributed by atoms with Gasteiger partial charge in [-0.2, -0.15) is 8.42 Å². The number of hydrogen-bond acceptors (Lipinski definition) is 6. The van der Waals surface area contributed by atoms with Gasteiger partial charge in [-0.1, -0.05) is 42.5 Å². The van der Waals surface area contributed by atoms with E-state index in [2.05, 4.69) is 9.71 Å². The van der Waals surface area contributed by atoms with E-state index in [-0.39, 0.29) is 16.5 Å². The second-order valence-electron chi connectivity index (χ2n) is 8.28.